The molecular formula is C22H18N4O2S3. The summed E-state index contributed by atoms with van der Waals surface area (Å²) in [7, 11) is 0. The minimum atomic E-state index is -0.156. The minimum absolute atomic E-state index is 0.126. The van der Waals surface area contributed by atoms with Crippen molar-refractivity contribution < 1.29 is 4.42 Å². The molecule has 0 amide bonds. The molecule has 1 aromatic carbocycles. The summed E-state index contributed by atoms with van der Waals surface area (Å²) in [6.07, 6.45) is 0. The number of thiophene rings is 2. The summed E-state index contributed by atoms with van der Waals surface area (Å²) >= 11 is 4.47. The quantitative estimate of drug-likeness (QED) is 0.309. The van der Waals surface area contributed by atoms with Crippen LogP contribution in [0.25, 0.3) is 32.1 Å². The van der Waals surface area contributed by atoms with Gasteiger partial charge in [0.25, 0.3) is 10.8 Å². The molecule has 0 saturated heterocycles. The smallest absolute Gasteiger partial charge is 0.277 e. The molecule has 5 rings (SSSR count). The first-order valence-corrected chi connectivity index (χ1v) is 12.3. The van der Waals surface area contributed by atoms with Gasteiger partial charge in [0.2, 0.25) is 5.89 Å². The zero-order chi connectivity index (χ0) is 21.5. The van der Waals surface area contributed by atoms with Crippen molar-refractivity contribution in [2.45, 2.75) is 31.2 Å². The molecule has 0 bridgehead atoms. The molecule has 0 spiro atoms. The van der Waals surface area contributed by atoms with E-state index in [1.54, 1.807) is 11.3 Å². The lowest BCUT2D eigenvalue weighted by Crippen LogP contribution is -2.12. The maximum Gasteiger partial charge on any atom is 0.277 e. The number of aromatic nitrogens is 4. The molecule has 156 valence electrons. The Morgan fingerprint density at radius 3 is 2.68 bits per heavy atom. The van der Waals surface area contributed by atoms with Gasteiger partial charge in [-0.25, -0.2) is 4.98 Å². The number of nitrogens with one attached hydrogen (secondary N) is 1. The lowest BCUT2D eigenvalue weighted by Gasteiger charge is -2.07. The first kappa shape index (κ1) is 20.2. The van der Waals surface area contributed by atoms with Crippen LogP contribution in [0.3, 0.4) is 0 Å². The fourth-order valence-corrected chi connectivity index (χ4v) is 5.96. The molecule has 4 aromatic heterocycles. The van der Waals surface area contributed by atoms with Gasteiger partial charge in [-0.3, -0.25) is 4.79 Å². The third-order valence-corrected chi connectivity index (χ3v) is 7.51. The van der Waals surface area contributed by atoms with E-state index in [0.717, 1.165) is 32.0 Å². The van der Waals surface area contributed by atoms with E-state index in [0.29, 0.717) is 22.3 Å². The van der Waals surface area contributed by atoms with Gasteiger partial charge in [0.15, 0.2) is 0 Å². The maximum atomic E-state index is 12.8. The Morgan fingerprint density at radius 1 is 1.13 bits per heavy atom. The number of aryl methyl sites for hydroxylation is 2. The van der Waals surface area contributed by atoms with Crippen molar-refractivity contribution in [3.63, 3.8) is 0 Å². The summed E-state index contributed by atoms with van der Waals surface area (Å²) in [5.41, 5.74) is 3.99. The number of rotatable bonds is 5. The van der Waals surface area contributed by atoms with Crippen molar-refractivity contribution in [3.8, 4) is 21.9 Å². The first-order valence-electron chi connectivity index (χ1n) is 9.62. The van der Waals surface area contributed by atoms with E-state index < -0.39 is 0 Å². The van der Waals surface area contributed by atoms with Gasteiger partial charge in [-0.15, -0.1) is 32.9 Å². The van der Waals surface area contributed by atoms with Gasteiger partial charge < -0.3 is 9.40 Å². The van der Waals surface area contributed by atoms with Crippen LogP contribution >= 0.6 is 34.4 Å². The summed E-state index contributed by atoms with van der Waals surface area (Å²) in [5, 5.41) is 13.3. The molecule has 31 heavy (non-hydrogen) atoms. The average Bonchev–Trinajstić information content (AvgIpc) is 3.47. The maximum absolute atomic E-state index is 12.8. The van der Waals surface area contributed by atoms with Crippen LogP contribution in [0.4, 0.5) is 0 Å². The number of hydrogen-bond acceptors (Lipinski definition) is 8. The minimum Gasteiger partial charge on any atom is -0.411 e. The molecular weight excluding hydrogens is 448 g/mol. The largest absolute Gasteiger partial charge is 0.411 e. The van der Waals surface area contributed by atoms with Gasteiger partial charge in [-0.05, 0) is 44.4 Å². The molecule has 6 nitrogen and oxygen atoms in total. The molecule has 9 heteroatoms. The SMILES string of the molecule is Cc1cc(C)cc(-c2nnc(SC(C)c3nc4scc(-c5cccs5)c4c(=O)[nH]3)o2)c1. The highest BCUT2D eigenvalue weighted by Crippen LogP contribution is 2.37. The van der Waals surface area contributed by atoms with Crippen LogP contribution in [0.1, 0.15) is 29.1 Å². The Balaban J connectivity index is 1.41. The monoisotopic (exact) mass is 466 g/mol. The summed E-state index contributed by atoms with van der Waals surface area (Å²) < 4.78 is 5.87. The van der Waals surface area contributed by atoms with E-state index in [1.807, 2.05) is 55.8 Å². The molecule has 5 aromatic rings. The van der Waals surface area contributed by atoms with Crippen molar-refractivity contribution in [2.75, 3.05) is 0 Å². The van der Waals surface area contributed by atoms with Crippen molar-refractivity contribution >= 4 is 44.7 Å². The first-order chi connectivity index (χ1) is 15.0. The van der Waals surface area contributed by atoms with Crippen LogP contribution in [0.15, 0.2) is 55.5 Å². The van der Waals surface area contributed by atoms with Crippen molar-refractivity contribution in [1.82, 2.24) is 20.2 Å². The van der Waals surface area contributed by atoms with E-state index in [9.17, 15) is 4.79 Å². The Bertz CT molecular complexity index is 1410. The van der Waals surface area contributed by atoms with E-state index in [1.165, 1.54) is 23.1 Å². The number of fused-ring (bicyclic) bond motifs is 1. The molecule has 0 saturated carbocycles. The molecule has 0 aliphatic heterocycles. The van der Waals surface area contributed by atoms with Crippen molar-refractivity contribution in [2.24, 2.45) is 0 Å². The van der Waals surface area contributed by atoms with Crippen molar-refractivity contribution in [3.05, 3.63) is 68.4 Å². The summed E-state index contributed by atoms with van der Waals surface area (Å²) in [6, 6.07) is 10.1. The molecule has 0 aliphatic carbocycles. The average molecular weight is 467 g/mol. The molecule has 1 unspecified atom stereocenters. The predicted molar refractivity (Wildman–Crippen MR) is 127 cm³/mol. The van der Waals surface area contributed by atoms with Crippen LogP contribution < -0.4 is 5.56 Å². The number of H-pyrrole nitrogens is 1. The number of thioether (sulfide) groups is 1. The number of aromatic amines is 1. The predicted octanol–water partition coefficient (Wildman–Crippen LogP) is 6.23. The fourth-order valence-electron chi connectivity index (χ4n) is 3.45. The molecule has 0 fully saturated rings. The van der Waals surface area contributed by atoms with Gasteiger partial charge in [0.05, 0.1) is 10.6 Å². The Labute approximate surface area is 190 Å². The Hall–Kier alpha value is -2.75. The van der Waals surface area contributed by atoms with Crippen molar-refractivity contribution in [1.29, 1.82) is 0 Å². The Morgan fingerprint density at radius 2 is 1.94 bits per heavy atom. The molecule has 0 aliphatic rings. The third kappa shape index (κ3) is 3.96. The lowest BCUT2D eigenvalue weighted by atomic mass is 10.1. The van der Waals surface area contributed by atoms with Crippen LogP contribution in [0.2, 0.25) is 0 Å². The van der Waals surface area contributed by atoms with Crippen LogP contribution in [-0.2, 0) is 0 Å². The van der Waals surface area contributed by atoms with Gasteiger partial charge in [0.1, 0.15) is 10.7 Å². The topological polar surface area (TPSA) is 84.7 Å². The van der Waals surface area contributed by atoms with Crippen LogP contribution in [-0.4, -0.2) is 20.2 Å². The second kappa shape index (κ2) is 8.07. The van der Waals surface area contributed by atoms with Gasteiger partial charge in [0, 0.05) is 21.4 Å². The third-order valence-electron chi connectivity index (χ3n) is 4.79. The fraction of sp³-hybridized carbons (Fsp3) is 0.182. The number of nitrogens with zero attached hydrogens (tertiary/aromatic N) is 3. The summed E-state index contributed by atoms with van der Waals surface area (Å²) in [4.78, 5) is 22.3. The Kier molecular flexibility index (Phi) is 5.25. The van der Waals surface area contributed by atoms with Crippen LogP contribution in [0, 0.1) is 13.8 Å². The zero-order valence-corrected chi connectivity index (χ0v) is 19.5. The summed E-state index contributed by atoms with van der Waals surface area (Å²) in [6.45, 7) is 6.04. The molecule has 1 N–H and O–H groups in total. The number of hydrogen-bond donors (Lipinski definition) is 1. The highest BCUT2D eigenvalue weighted by Gasteiger charge is 2.19. The number of benzene rings is 1. The highest BCUT2D eigenvalue weighted by molar-refractivity contribution is 7.99. The lowest BCUT2D eigenvalue weighted by molar-refractivity contribution is 0.465. The molecule has 1 atom stereocenters. The van der Waals surface area contributed by atoms with E-state index in [-0.39, 0.29) is 10.8 Å². The second-order valence-corrected chi connectivity index (χ2v) is 10.4. The van der Waals surface area contributed by atoms with E-state index in [4.69, 9.17) is 9.40 Å². The zero-order valence-electron chi connectivity index (χ0n) is 17.0. The normalized spacial score (nSPS) is 12.5. The van der Waals surface area contributed by atoms with E-state index in [2.05, 4.69) is 21.2 Å². The van der Waals surface area contributed by atoms with Gasteiger partial charge in [-0.2, -0.15) is 0 Å². The van der Waals surface area contributed by atoms with Gasteiger partial charge in [-0.1, -0.05) is 35.0 Å². The van der Waals surface area contributed by atoms with Crippen LogP contribution in [0.5, 0.6) is 0 Å². The summed E-state index contributed by atoms with van der Waals surface area (Å²) in [5.74, 6) is 1.07. The van der Waals surface area contributed by atoms with E-state index >= 15 is 0 Å². The molecule has 0 radical (unpaired) electrons. The second-order valence-electron chi connectivity index (χ2n) is 7.27. The van der Waals surface area contributed by atoms with Gasteiger partial charge >= 0.3 is 0 Å². The standard InChI is InChI=1S/C22H18N4O2S3/c1-11-7-12(2)9-14(8-11)20-25-26-22(28-20)31-13(3)18-23-19(27)17-15(10-30-21(17)24-18)16-5-4-6-29-16/h4-10,13H,1-3H3,(H,23,24,27). The highest BCUT2D eigenvalue weighted by atomic mass is 32.2. The molecule has 4 heterocycles.